The number of carbonyl (C=O) groups is 1. The molecule has 0 atom stereocenters. The fourth-order valence-corrected chi connectivity index (χ4v) is 1.81. The third-order valence-corrected chi connectivity index (χ3v) is 2.78. The van der Waals surface area contributed by atoms with Crippen molar-refractivity contribution in [3.05, 3.63) is 47.3 Å². The molecule has 0 aliphatic heterocycles. The van der Waals surface area contributed by atoms with Crippen LogP contribution in [0, 0.1) is 0 Å². The summed E-state index contributed by atoms with van der Waals surface area (Å²) in [6.07, 6.45) is 5.02. The maximum atomic E-state index is 11.9. The Hall–Kier alpha value is -1.88. The van der Waals surface area contributed by atoms with E-state index in [1.54, 1.807) is 25.0 Å². The van der Waals surface area contributed by atoms with Crippen LogP contribution in [0.1, 0.15) is 5.69 Å². The number of hydrogen-bond donors (Lipinski definition) is 2. The fourth-order valence-electron chi connectivity index (χ4n) is 1.55. The molecule has 1 rings (SSSR count). The van der Waals surface area contributed by atoms with Crippen LogP contribution in [-0.4, -0.2) is 35.4 Å². The summed E-state index contributed by atoms with van der Waals surface area (Å²) in [5.74, 6) is 1.55. The molecular formula is C14H16BClN2O2. The van der Waals surface area contributed by atoms with Crippen molar-refractivity contribution in [3.8, 4) is 5.75 Å². The first-order chi connectivity index (χ1) is 9.58. The second-order valence-corrected chi connectivity index (χ2v) is 4.39. The van der Waals surface area contributed by atoms with Gasteiger partial charge in [-0.1, -0.05) is 0 Å². The number of aromatic hydroxyl groups is 1. The molecule has 0 spiro atoms. The van der Waals surface area contributed by atoms with Crippen LogP contribution in [0.5, 0.6) is 5.75 Å². The average Bonchev–Trinajstić information content (AvgIpc) is 2.41. The first kappa shape index (κ1) is 16.2. The molecule has 2 N–H and O–H groups in total. The molecule has 0 unspecified atom stereocenters. The molecule has 0 aliphatic rings. The standard InChI is InChI=1S/C14H16BClN2O2/c1-3-4-10(8-15-2)14(20)17-6-5-13-12(16)7-11(19)9-18-13/h3-4,7-9,19H,1,5-6H2,2H3,(H,17,20)/b10-4+. The van der Waals surface area contributed by atoms with Gasteiger partial charge < -0.3 is 0 Å². The van der Waals surface area contributed by atoms with Gasteiger partial charge in [-0.15, -0.1) is 0 Å². The van der Waals surface area contributed by atoms with Crippen LogP contribution in [0.25, 0.3) is 0 Å². The quantitative estimate of drug-likeness (QED) is 0.477. The van der Waals surface area contributed by atoms with Crippen molar-refractivity contribution < 1.29 is 9.90 Å². The van der Waals surface area contributed by atoms with Gasteiger partial charge in [-0.3, -0.25) is 0 Å². The van der Waals surface area contributed by atoms with Gasteiger partial charge in [0.1, 0.15) is 0 Å². The van der Waals surface area contributed by atoms with Gasteiger partial charge in [0.15, 0.2) is 0 Å². The summed E-state index contributed by atoms with van der Waals surface area (Å²) in [5.41, 5.74) is 1.16. The van der Waals surface area contributed by atoms with Crippen LogP contribution in [0.15, 0.2) is 36.6 Å². The van der Waals surface area contributed by atoms with E-state index in [-0.39, 0.29) is 11.7 Å². The Kier molecular flexibility index (Phi) is 6.74. The SMILES string of the molecule is C=C/C=C(\C=B/C)C(=O)NCCc1ncc(O)cc1Cl. The van der Waals surface area contributed by atoms with E-state index in [1.807, 2.05) is 6.82 Å². The van der Waals surface area contributed by atoms with Crippen molar-refractivity contribution in [3.63, 3.8) is 0 Å². The number of carbonyl (C=O) groups excluding carboxylic acids is 1. The summed E-state index contributed by atoms with van der Waals surface area (Å²) >= 11 is 5.94. The zero-order valence-electron chi connectivity index (χ0n) is 11.3. The van der Waals surface area contributed by atoms with E-state index in [0.29, 0.717) is 29.3 Å². The topological polar surface area (TPSA) is 62.2 Å². The molecule has 0 fully saturated rings. The van der Waals surface area contributed by atoms with Crippen molar-refractivity contribution >= 4 is 30.4 Å². The predicted octanol–water partition coefficient (Wildman–Crippen LogP) is 1.77. The Labute approximate surface area is 124 Å². The second kappa shape index (κ2) is 8.33. The normalized spacial score (nSPS) is 11.2. The minimum absolute atomic E-state index is 0.0204. The van der Waals surface area contributed by atoms with Gasteiger partial charge in [0.25, 0.3) is 0 Å². The Morgan fingerprint density at radius 3 is 3.00 bits per heavy atom. The third kappa shape index (κ3) is 5.01. The Bertz CT molecular complexity index is 556. The van der Waals surface area contributed by atoms with Gasteiger partial charge in [0, 0.05) is 0 Å². The summed E-state index contributed by atoms with van der Waals surface area (Å²) in [4.78, 5) is 15.9. The number of rotatable bonds is 6. The summed E-state index contributed by atoms with van der Waals surface area (Å²) in [6.45, 7) is 7.60. The molecule has 0 bridgehead atoms. The maximum absolute atomic E-state index is 11.9. The van der Waals surface area contributed by atoms with Crippen LogP contribution in [0.4, 0.5) is 0 Å². The fraction of sp³-hybridized carbons (Fsp3) is 0.214. The number of pyridine rings is 1. The molecule has 0 radical (unpaired) electrons. The van der Waals surface area contributed by atoms with E-state index in [2.05, 4.69) is 16.9 Å². The van der Waals surface area contributed by atoms with Gasteiger partial charge in [0.05, 0.1) is 0 Å². The van der Waals surface area contributed by atoms with E-state index in [4.69, 9.17) is 11.6 Å². The molecule has 1 aromatic rings. The molecular weight excluding hydrogens is 274 g/mol. The summed E-state index contributed by atoms with van der Waals surface area (Å²) in [7, 11) is 0. The first-order valence-corrected chi connectivity index (χ1v) is 6.53. The zero-order valence-corrected chi connectivity index (χ0v) is 12.0. The molecule has 6 heteroatoms. The van der Waals surface area contributed by atoms with Crippen LogP contribution < -0.4 is 5.32 Å². The number of nitrogens with one attached hydrogen (secondary N) is 1. The van der Waals surface area contributed by atoms with Gasteiger partial charge in [0.2, 0.25) is 0 Å². The molecule has 4 nitrogen and oxygen atoms in total. The molecule has 104 valence electrons. The van der Waals surface area contributed by atoms with Gasteiger partial charge in [-0.2, -0.15) is 0 Å². The van der Waals surface area contributed by atoms with Gasteiger partial charge >= 0.3 is 123 Å². The molecule has 0 saturated heterocycles. The number of nitrogens with zero attached hydrogens (tertiary/aromatic N) is 1. The molecule has 0 aliphatic carbocycles. The zero-order chi connectivity index (χ0) is 15.0. The van der Waals surface area contributed by atoms with E-state index >= 15 is 0 Å². The number of allylic oxidation sites excluding steroid dienone is 2. The van der Waals surface area contributed by atoms with Crippen molar-refractivity contribution in [2.24, 2.45) is 0 Å². The van der Waals surface area contributed by atoms with E-state index in [0.717, 1.165) is 0 Å². The third-order valence-electron chi connectivity index (χ3n) is 2.46. The van der Waals surface area contributed by atoms with E-state index < -0.39 is 0 Å². The van der Waals surface area contributed by atoms with E-state index in [1.165, 1.54) is 12.3 Å². The Morgan fingerprint density at radius 1 is 1.65 bits per heavy atom. The monoisotopic (exact) mass is 290 g/mol. The molecule has 20 heavy (non-hydrogen) atoms. The Balaban J connectivity index is 2.57. The summed E-state index contributed by atoms with van der Waals surface area (Å²) in [6, 6.07) is 1.43. The van der Waals surface area contributed by atoms with Crippen molar-refractivity contribution in [2.45, 2.75) is 13.2 Å². The van der Waals surface area contributed by atoms with Crippen molar-refractivity contribution in [1.82, 2.24) is 10.3 Å². The predicted molar refractivity (Wildman–Crippen MR) is 83.6 cm³/mol. The average molecular weight is 291 g/mol. The first-order valence-electron chi connectivity index (χ1n) is 6.15. The molecule has 0 aromatic carbocycles. The van der Waals surface area contributed by atoms with Gasteiger partial charge in [-0.05, 0) is 0 Å². The van der Waals surface area contributed by atoms with Crippen molar-refractivity contribution in [2.75, 3.05) is 6.54 Å². The summed E-state index contributed by atoms with van der Waals surface area (Å²) in [5, 5.41) is 12.4. The Morgan fingerprint density at radius 2 is 2.40 bits per heavy atom. The molecule has 1 heterocycles. The molecule has 1 aromatic heterocycles. The second-order valence-electron chi connectivity index (χ2n) is 3.99. The van der Waals surface area contributed by atoms with Crippen LogP contribution in [-0.2, 0) is 11.2 Å². The van der Waals surface area contributed by atoms with Gasteiger partial charge in [-0.25, -0.2) is 0 Å². The van der Waals surface area contributed by atoms with Crippen LogP contribution >= 0.6 is 11.6 Å². The number of amides is 1. The van der Waals surface area contributed by atoms with E-state index in [9.17, 15) is 9.90 Å². The number of aromatic nitrogens is 1. The minimum atomic E-state index is -0.182. The number of halogens is 1. The molecule has 1 amide bonds. The summed E-state index contributed by atoms with van der Waals surface area (Å²) < 4.78 is 0. The van der Waals surface area contributed by atoms with Crippen LogP contribution in [0.2, 0.25) is 11.8 Å². The number of hydrogen-bond acceptors (Lipinski definition) is 3. The van der Waals surface area contributed by atoms with Crippen molar-refractivity contribution in [1.29, 1.82) is 0 Å². The van der Waals surface area contributed by atoms with Crippen LogP contribution in [0.3, 0.4) is 0 Å². The molecule has 0 saturated carbocycles.